The molecule has 0 heterocycles. The summed E-state index contributed by atoms with van der Waals surface area (Å²) in [6.07, 6.45) is 10.7. The summed E-state index contributed by atoms with van der Waals surface area (Å²) >= 11 is 0. The number of allylic oxidation sites excluding steroid dienone is 3. The van der Waals surface area contributed by atoms with Crippen LogP contribution in [0, 0.1) is 5.92 Å². The maximum absolute atomic E-state index is 12.5. The van der Waals surface area contributed by atoms with Gasteiger partial charge in [0.15, 0.2) is 6.29 Å². The number of carbonyl (C=O) groups is 2. The third-order valence-electron chi connectivity index (χ3n) is 4.45. The first-order valence-corrected chi connectivity index (χ1v) is 7.25. The van der Waals surface area contributed by atoms with Crippen molar-refractivity contribution < 1.29 is 9.59 Å². The molecule has 0 spiro atoms. The van der Waals surface area contributed by atoms with Crippen LogP contribution in [-0.2, 0) is 9.59 Å². The minimum Gasteiger partial charge on any atom is -0.339 e. The van der Waals surface area contributed by atoms with Gasteiger partial charge in [-0.2, -0.15) is 0 Å². The lowest BCUT2D eigenvalue weighted by Crippen LogP contribution is -2.40. The number of nitrogens with zero attached hydrogens (tertiary/aromatic N) is 1. The van der Waals surface area contributed by atoms with Gasteiger partial charge in [0.25, 0.3) is 0 Å². The summed E-state index contributed by atoms with van der Waals surface area (Å²) in [7, 11) is 1.89. The maximum Gasteiger partial charge on any atom is 0.250 e. The summed E-state index contributed by atoms with van der Waals surface area (Å²) in [5.41, 5.74) is 1.26. The Balaban J connectivity index is 2.08. The SMILES string of the molecule is CC1CCC(N(C)C(=O)C2=C(C=O)C=CCC2)CC1. The van der Waals surface area contributed by atoms with Crippen LogP contribution >= 0.6 is 0 Å². The first-order chi connectivity index (χ1) is 9.13. The predicted octanol–water partition coefficient (Wildman–Crippen LogP) is 2.87. The summed E-state index contributed by atoms with van der Waals surface area (Å²) in [5, 5.41) is 0. The Kier molecular flexibility index (Phi) is 4.56. The molecule has 0 bridgehead atoms. The van der Waals surface area contributed by atoms with E-state index in [2.05, 4.69) is 6.92 Å². The quantitative estimate of drug-likeness (QED) is 0.733. The van der Waals surface area contributed by atoms with Gasteiger partial charge in [0, 0.05) is 24.2 Å². The normalized spacial score (nSPS) is 27.3. The second-order valence-corrected chi connectivity index (χ2v) is 5.82. The fourth-order valence-corrected chi connectivity index (χ4v) is 3.03. The number of likely N-dealkylation sites (N-methyl/N-ethyl adjacent to an activating group) is 1. The van der Waals surface area contributed by atoms with Crippen LogP contribution < -0.4 is 0 Å². The third-order valence-corrected chi connectivity index (χ3v) is 4.45. The van der Waals surface area contributed by atoms with Crippen molar-refractivity contribution in [3.63, 3.8) is 0 Å². The van der Waals surface area contributed by atoms with Crippen molar-refractivity contribution in [3.05, 3.63) is 23.3 Å². The van der Waals surface area contributed by atoms with Gasteiger partial charge in [-0.1, -0.05) is 19.1 Å². The van der Waals surface area contributed by atoms with Crippen LogP contribution in [0.4, 0.5) is 0 Å². The van der Waals surface area contributed by atoms with Crippen LogP contribution in [0.5, 0.6) is 0 Å². The fraction of sp³-hybridized carbons (Fsp3) is 0.625. The zero-order valence-corrected chi connectivity index (χ0v) is 11.9. The van der Waals surface area contributed by atoms with E-state index in [1.54, 1.807) is 6.08 Å². The smallest absolute Gasteiger partial charge is 0.250 e. The minimum atomic E-state index is 0.0472. The summed E-state index contributed by atoms with van der Waals surface area (Å²) in [5.74, 6) is 0.827. The van der Waals surface area contributed by atoms with Crippen molar-refractivity contribution in [2.45, 2.75) is 51.5 Å². The Morgan fingerprint density at radius 1 is 1.32 bits per heavy atom. The van der Waals surface area contributed by atoms with E-state index in [9.17, 15) is 9.59 Å². The second kappa shape index (κ2) is 6.18. The monoisotopic (exact) mass is 261 g/mol. The van der Waals surface area contributed by atoms with E-state index in [0.717, 1.165) is 31.5 Å². The largest absolute Gasteiger partial charge is 0.339 e. The lowest BCUT2D eigenvalue weighted by atomic mass is 9.86. The van der Waals surface area contributed by atoms with E-state index in [0.29, 0.717) is 23.6 Å². The van der Waals surface area contributed by atoms with Crippen LogP contribution in [0.15, 0.2) is 23.3 Å². The molecule has 2 rings (SSSR count). The number of rotatable bonds is 3. The Labute approximate surface area is 115 Å². The van der Waals surface area contributed by atoms with Crippen molar-refractivity contribution in [2.75, 3.05) is 7.05 Å². The van der Waals surface area contributed by atoms with Crippen molar-refractivity contribution in [1.29, 1.82) is 0 Å². The number of hydrogen-bond donors (Lipinski definition) is 0. The zero-order chi connectivity index (χ0) is 13.8. The topological polar surface area (TPSA) is 37.4 Å². The molecule has 3 heteroatoms. The molecule has 0 N–H and O–H groups in total. The Hall–Kier alpha value is -1.38. The predicted molar refractivity (Wildman–Crippen MR) is 75.7 cm³/mol. The third kappa shape index (κ3) is 3.14. The van der Waals surface area contributed by atoms with Crippen molar-refractivity contribution in [1.82, 2.24) is 4.90 Å². The molecule has 2 aliphatic rings. The molecular formula is C16H23NO2. The lowest BCUT2D eigenvalue weighted by Gasteiger charge is -2.34. The Morgan fingerprint density at radius 2 is 2.00 bits per heavy atom. The lowest BCUT2D eigenvalue weighted by molar-refractivity contribution is -0.129. The maximum atomic E-state index is 12.5. The van der Waals surface area contributed by atoms with Gasteiger partial charge in [-0.25, -0.2) is 0 Å². The molecule has 0 aromatic carbocycles. The van der Waals surface area contributed by atoms with E-state index >= 15 is 0 Å². The van der Waals surface area contributed by atoms with Gasteiger partial charge < -0.3 is 4.90 Å². The molecule has 104 valence electrons. The van der Waals surface area contributed by atoms with E-state index in [-0.39, 0.29) is 5.91 Å². The molecular weight excluding hydrogens is 238 g/mol. The molecule has 3 nitrogen and oxygen atoms in total. The minimum absolute atomic E-state index is 0.0472. The van der Waals surface area contributed by atoms with Crippen molar-refractivity contribution >= 4 is 12.2 Å². The van der Waals surface area contributed by atoms with Gasteiger partial charge >= 0.3 is 0 Å². The number of carbonyl (C=O) groups excluding carboxylic acids is 2. The molecule has 0 radical (unpaired) electrons. The first kappa shape index (κ1) is 14.0. The molecule has 19 heavy (non-hydrogen) atoms. The first-order valence-electron chi connectivity index (χ1n) is 7.25. The highest BCUT2D eigenvalue weighted by molar-refractivity contribution is 6.00. The zero-order valence-electron chi connectivity index (χ0n) is 11.9. The molecule has 1 saturated carbocycles. The van der Waals surface area contributed by atoms with Gasteiger partial charge in [0.05, 0.1) is 0 Å². The van der Waals surface area contributed by atoms with Gasteiger partial charge in [0.1, 0.15) is 0 Å². The molecule has 2 aliphatic carbocycles. The van der Waals surface area contributed by atoms with Crippen LogP contribution in [0.25, 0.3) is 0 Å². The highest BCUT2D eigenvalue weighted by Gasteiger charge is 2.27. The molecule has 0 aromatic rings. The highest BCUT2D eigenvalue weighted by Crippen LogP contribution is 2.28. The van der Waals surface area contributed by atoms with Gasteiger partial charge in [-0.05, 0) is 44.4 Å². The van der Waals surface area contributed by atoms with Crippen LogP contribution in [0.3, 0.4) is 0 Å². The molecule has 1 fully saturated rings. The summed E-state index contributed by atoms with van der Waals surface area (Å²) in [6.45, 7) is 2.27. The molecule has 0 atom stereocenters. The van der Waals surface area contributed by atoms with Crippen molar-refractivity contribution in [2.24, 2.45) is 5.92 Å². The number of amides is 1. The van der Waals surface area contributed by atoms with Crippen LogP contribution in [0.2, 0.25) is 0 Å². The van der Waals surface area contributed by atoms with Crippen molar-refractivity contribution in [3.8, 4) is 0 Å². The average Bonchev–Trinajstić information content (AvgIpc) is 2.46. The Morgan fingerprint density at radius 3 is 2.63 bits per heavy atom. The standard InChI is InChI=1S/C16H23NO2/c1-12-7-9-14(10-8-12)17(2)16(19)15-6-4-3-5-13(15)11-18/h3,5,11-12,14H,4,6-10H2,1-2H3. The van der Waals surface area contributed by atoms with E-state index in [1.807, 2.05) is 18.0 Å². The molecule has 1 amide bonds. The summed E-state index contributed by atoms with van der Waals surface area (Å²) < 4.78 is 0. The second-order valence-electron chi connectivity index (χ2n) is 5.82. The van der Waals surface area contributed by atoms with E-state index in [4.69, 9.17) is 0 Å². The van der Waals surface area contributed by atoms with E-state index in [1.165, 1.54) is 12.8 Å². The number of hydrogen-bond acceptors (Lipinski definition) is 2. The number of aldehydes is 1. The van der Waals surface area contributed by atoms with Gasteiger partial charge in [-0.3, -0.25) is 9.59 Å². The highest BCUT2D eigenvalue weighted by atomic mass is 16.2. The fourth-order valence-electron chi connectivity index (χ4n) is 3.03. The Bertz CT molecular complexity index is 414. The van der Waals surface area contributed by atoms with Crippen LogP contribution in [0.1, 0.15) is 45.4 Å². The molecule has 0 unspecified atom stereocenters. The molecule has 0 aliphatic heterocycles. The van der Waals surface area contributed by atoms with Gasteiger partial charge in [-0.15, -0.1) is 0 Å². The van der Waals surface area contributed by atoms with E-state index < -0.39 is 0 Å². The average molecular weight is 261 g/mol. The molecule has 0 aromatic heterocycles. The molecule has 0 saturated heterocycles. The van der Waals surface area contributed by atoms with Gasteiger partial charge in [0.2, 0.25) is 5.91 Å². The van der Waals surface area contributed by atoms with Crippen LogP contribution in [-0.4, -0.2) is 30.2 Å². The summed E-state index contributed by atoms with van der Waals surface area (Å²) in [6, 6.07) is 0.343. The summed E-state index contributed by atoms with van der Waals surface area (Å²) in [4.78, 5) is 25.4.